The normalized spacial score (nSPS) is 11.0. The summed E-state index contributed by atoms with van der Waals surface area (Å²) >= 11 is 1.69. The summed E-state index contributed by atoms with van der Waals surface area (Å²) in [7, 11) is 0. The Morgan fingerprint density at radius 2 is 2.55 bits per heavy atom. The number of oxime groups is 1. The fourth-order valence-electron chi connectivity index (χ4n) is 0.741. The van der Waals surface area contributed by atoms with E-state index in [-0.39, 0.29) is 0 Å². The average molecular weight is 171 g/mol. The Morgan fingerprint density at radius 3 is 3.18 bits per heavy atom. The molecule has 0 aliphatic carbocycles. The van der Waals surface area contributed by atoms with Gasteiger partial charge in [0.05, 0.1) is 5.75 Å². The van der Waals surface area contributed by atoms with Gasteiger partial charge in [-0.25, -0.2) is 0 Å². The minimum Gasteiger partial charge on any atom is -0.459 e. The van der Waals surface area contributed by atoms with Gasteiger partial charge < -0.3 is 9.62 Å². The zero-order valence-electron chi connectivity index (χ0n) is 6.15. The smallest absolute Gasteiger partial charge is 0.148 e. The van der Waals surface area contributed by atoms with Crippen LogP contribution in [0, 0.1) is 0 Å². The van der Waals surface area contributed by atoms with E-state index < -0.39 is 0 Å². The summed E-state index contributed by atoms with van der Waals surface area (Å²) in [6.45, 7) is 0. The monoisotopic (exact) mass is 171 g/mol. The first-order valence-electron chi connectivity index (χ1n) is 3.12. The van der Waals surface area contributed by atoms with E-state index in [2.05, 4.69) is 5.16 Å². The van der Waals surface area contributed by atoms with E-state index in [4.69, 9.17) is 9.62 Å². The molecule has 0 spiro atoms. The average Bonchev–Trinajstić information content (AvgIpc) is 2.38. The molecule has 0 bridgehead atoms. The van der Waals surface area contributed by atoms with Crippen LogP contribution in [-0.4, -0.2) is 17.7 Å². The summed E-state index contributed by atoms with van der Waals surface area (Å²) in [5, 5.41) is 11.0. The minimum atomic E-state index is 0.580. The largest absolute Gasteiger partial charge is 0.459 e. The lowest BCUT2D eigenvalue weighted by molar-refractivity contribution is 0.320. The Balaban J connectivity index is 2.65. The number of hydrogen-bond donors (Lipinski definition) is 1. The summed E-state index contributed by atoms with van der Waals surface area (Å²) < 4.78 is 5.23. The second kappa shape index (κ2) is 4.08. The summed E-state index contributed by atoms with van der Waals surface area (Å²) in [5.74, 6) is 2.32. The van der Waals surface area contributed by atoms with E-state index in [9.17, 15) is 0 Å². The molecule has 0 saturated heterocycles. The Bertz CT molecular complexity index is 244. The maximum Gasteiger partial charge on any atom is 0.148 e. The molecule has 0 atom stereocenters. The third kappa shape index (κ3) is 2.31. The maximum absolute atomic E-state index is 8.16. The van der Waals surface area contributed by atoms with Crippen molar-refractivity contribution in [1.29, 1.82) is 0 Å². The summed E-state index contributed by atoms with van der Waals surface area (Å²) in [4.78, 5) is 0. The molecule has 1 heterocycles. The van der Waals surface area contributed by atoms with Crippen molar-refractivity contribution in [3.05, 3.63) is 23.7 Å². The SMILES string of the molecule is CSCc1ccc(/C=N/O)o1. The quantitative estimate of drug-likeness (QED) is 0.429. The number of thioether (sulfide) groups is 1. The van der Waals surface area contributed by atoms with Crippen LogP contribution in [0.5, 0.6) is 0 Å². The van der Waals surface area contributed by atoms with Crippen molar-refractivity contribution >= 4 is 18.0 Å². The zero-order valence-corrected chi connectivity index (χ0v) is 6.97. The molecule has 1 aromatic rings. The van der Waals surface area contributed by atoms with Gasteiger partial charge in [0.25, 0.3) is 0 Å². The molecule has 0 saturated carbocycles. The van der Waals surface area contributed by atoms with Crippen LogP contribution in [0.2, 0.25) is 0 Å². The van der Waals surface area contributed by atoms with Crippen molar-refractivity contribution in [3.63, 3.8) is 0 Å². The van der Waals surface area contributed by atoms with Crippen molar-refractivity contribution in [2.24, 2.45) is 5.16 Å². The van der Waals surface area contributed by atoms with Crippen LogP contribution in [0.15, 0.2) is 21.7 Å². The Morgan fingerprint density at radius 1 is 1.73 bits per heavy atom. The molecule has 1 aromatic heterocycles. The van der Waals surface area contributed by atoms with Crippen molar-refractivity contribution in [1.82, 2.24) is 0 Å². The fourth-order valence-corrected chi connectivity index (χ4v) is 1.18. The van der Waals surface area contributed by atoms with Crippen LogP contribution in [0.4, 0.5) is 0 Å². The second-order valence-electron chi connectivity index (χ2n) is 1.98. The predicted molar refractivity (Wildman–Crippen MR) is 45.3 cm³/mol. The fraction of sp³-hybridized carbons (Fsp3) is 0.286. The molecule has 1 N–H and O–H groups in total. The van der Waals surface area contributed by atoms with E-state index in [0.717, 1.165) is 11.5 Å². The molecule has 0 amide bonds. The van der Waals surface area contributed by atoms with Crippen molar-refractivity contribution < 1.29 is 9.62 Å². The third-order valence-electron chi connectivity index (χ3n) is 1.15. The molecular weight excluding hydrogens is 162 g/mol. The van der Waals surface area contributed by atoms with Gasteiger partial charge >= 0.3 is 0 Å². The molecule has 11 heavy (non-hydrogen) atoms. The van der Waals surface area contributed by atoms with E-state index in [0.29, 0.717) is 5.76 Å². The molecule has 3 nitrogen and oxygen atoms in total. The van der Waals surface area contributed by atoms with Gasteiger partial charge in [-0.3, -0.25) is 0 Å². The molecule has 60 valence electrons. The molecule has 0 fully saturated rings. The molecular formula is C7H9NO2S. The van der Waals surface area contributed by atoms with Gasteiger partial charge in [-0.2, -0.15) is 11.8 Å². The molecule has 0 aromatic carbocycles. The molecule has 0 unspecified atom stereocenters. The molecule has 0 radical (unpaired) electrons. The topological polar surface area (TPSA) is 45.7 Å². The highest BCUT2D eigenvalue weighted by Gasteiger charge is 1.97. The third-order valence-corrected chi connectivity index (χ3v) is 1.73. The van der Waals surface area contributed by atoms with E-state index >= 15 is 0 Å². The van der Waals surface area contributed by atoms with E-state index in [1.807, 2.05) is 12.3 Å². The van der Waals surface area contributed by atoms with Crippen molar-refractivity contribution in [3.8, 4) is 0 Å². The first-order valence-corrected chi connectivity index (χ1v) is 4.51. The first-order chi connectivity index (χ1) is 5.36. The Hall–Kier alpha value is -0.900. The first kappa shape index (κ1) is 8.20. The minimum absolute atomic E-state index is 0.580. The van der Waals surface area contributed by atoms with Crippen molar-refractivity contribution in [2.75, 3.05) is 6.26 Å². The number of hydrogen-bond acceptors (Lipinski definition) is 4. The van der Waals surface area contributed by atoms with Gasteiger partial charge in [0, 0.05) is 0 Å². The summed E-state index contributed by atoms with van der Waals surface area (Å²) in [6.07, 6.45) is 3.27. The highest BCUT2D eigenvalue weighted by Crippen LogP contribution is 2.11. The predicted octanol–water partition coefficient (Wildman–Crippen LogP) is 1.95. The lowest BCUT2D eigenvalue weighted by Gasteiger charge is -1.88. The van der Waals surface area contributed by atoms with Crippen LogP contribution >= 0.6 is 11.8 Å². The molecule has 0 aliphatic rings. The van der Waals surface area contributed by atoms with E-state index in [1.165, 1.54) is 6.21 Å². The highest BCUT2D eigenvalue weighted by molar-refractivity contribution is 7.97. The van der Waals surface area contributed by atoms with Gasteiger partial charge in [-0.15, -0.1) is 0 Å². The highest BCUT2D eigenvalue weighted by atomic mass is 32.2. The molecule has 0 aliphatic heterocycles. The molecule has 4 heteroatoms. The summed E-state index contributed by atoms with van der Waals surface area (Å²) in [5.41, 5.74) is 0. The Labute approximate surface area is 69.1 Å². The Kier molecular flexibility index (Phi) is 3.04. The van der Waals surface area contributed by atoms with Crippen LogP contribution in [0.25, 0.3) is 0 Å². The van der Waals surface area contributed by atoms with Gasteiger partial charge in [-0.1, -0.05) is 5.16 Å². The summed E-state index contributed by atoms with van der Waals surface area (Å²) in [6, 6.07) is 3.64. The van der Waals surface area contributed by atoms with Crippen LogP contribution < -0.4 is 0 Å². The number of rotatable bonds is 3. The maximum atomic E-state index is 8.16. The van der Waals surface area contributed by atoms with Gasteiger partial charge in [0.1, 0.15) is 17.7 Å². The second-order valence-corrected chi connectivity index (χ2v) is 2.85. The van der Waals surface area contributed by atoms with Crippen LogP contribution in [0.1, 0.15) is 11.5 Å². The lowest BCUT2D eigenvalue weighted by Crippen LogP contribution is -1.74. The molecule has 1 rings (SSSR count). The number of nitrogens with zero attached hydrogens (tertiary/aromatic N) is 1. The number of furan rings is 1. The standard InChI is InChI=1S/C7H9NO2S/c1-11-5-7-3-2-6(10-7)4-8-9/h2-4,9H,5H2,1H3/b8-4+. The van der Waals surface area contributed by atoms with Gasteiger partial charge in [0.2, 0.25) is 0 Å². The van der Waals surface area contributed by atoms with E-state index in [1.54, 1.807) is 17.8 Å². The van der Waals surface area contributed by atoms with Crippen LogP contribution in [-0.2, 0) is 5.75 Å². The lowest BCUT2D eigenvalue weighted by atomic mass is 10.4. The van der Waals surface area contributed by atoms with Crippen molar-refractivity contribution in [2.45, 2.75) is 5.75 Å². The van der Waals surface area contributed by atoms with Gasteiger partial charge in [-0.05, 0) is 18.4 Å². The van der Waals surface area contributed by atoms with Gasteiger partial charge in [0.15, 0.2) is 0 Å². The zero-order chi connectivity index (χ0) is 8.10. The van der Waals surface area contributed by atoms with Crippen LogP contribution in [0.3, 0.4) is 0 Å².